The topological polar surface area (TPSA) is 52.6 Å². The van der Waals surface area contributed by atoms with Gasteiger partial charge in [0, 0.05) is 0 Å². The van der Waals surface area contributed by atoms with Gasteiger partial charge in [0.05, 0.1) is 24.3 Å². The molecule has 0 aliphatic heterocycles. The van der Waals surface area contributed by atoms with Gasteiger partial charge in [0.25, 0.3) is 0 Å². The highest BCUT2D eigenvalue weighted by Crippen LogP contribution is 2.25. The van der Waals surface area contributed by atoms with Crippen LogP contribution >= 0.6 is 0 Å². The molecule has 1 aromatic carbocycles. The Morgan fingerprint density at radius 3 is 2.15 bits per heavy atom. The van der Waals surface area contributed by atoms with E-state index in [1.54, 1.807) is 24.3 Å². The first-order valence-corrected chi connectivity index (χ1v) is 10.6. The Hall–Kier alpha value is -1.84. The predicted octanol–water partition coefficient (Wildman–Crippen LogP) is 5.94. The van der Waals surface area contributed by atoms with E-state index in [9.17, 15) is 9.59 Å². The van der Waals surface area contributed by atoms with E-state index in [4.69, 9.17) is 9.47 Å². The first-order chi connectivity index (χ1) is 13.2. The van der Waals surface area contributed by atoms with Gasteiger partial charge in [-0.05, 0) is 43.4 Å². The highest BCUT2D eigenvalue weighted by Gasteiger charge is 2.18. The lowest BCUT2D eigenvalue weighted by molar-refractivity contribution is 0.0442. The average molecular weight is 375 g/mol. The van der Waals surface area contributed by atoms with E-state index in [0.29, 0.717) is 30.3 Å². The maximum absolute atomic E-state index is 12.2. The van der Waals surface area contributed by atoms with Crippen LogP contribution in [0, 0.1) is 5.92 Å². The van der Waals surface area contributed by atoms with Crippen LogP contribution in [0.2, 0.25) is 0 Å². The van der Waals surface area contributed by atoms with Gasteiger partial charge in [0.1, 0.15) is 0 Å². The van der Waals surface area contributed by atoms with Gasteiger partial charge in [-0.3, -0.25) is 0 Å². The van der Waals surface area contributed by atoms with Gasteiger partial charge >= 0.3 is 11.9 Å². The van der Waals surface area contributed by atoms with Crippen LogP contribution in [-0.4, -0.2) is 25.2 Å². The summed E-state index contributed by atoms with van der Waals surface area (Å²) in [6.45, 7) is 3.12. The largest absolute Gasteiger partial charge is 0.462 e. The Labute approximate surface area is 163 Å². The summed E-state index contributed by atoms with van der Waals surface area (Å²) >= 11 is 0. The molecule has 0 bridgehead atoms. The quantitative estimate of drug-likeness (QED) is 0.335. The number of benzene rings is 1. The standard InChI is InChI=1S/C23H34O4/c1-2-3-4-5-6-7-10-16-26-22(24)20-14-11-15-21(17-20)23(25)27-18-19-12-8-9-13-19/h11,14-15,17,19H,2-10,12-13,16,18H2,1H3. The van der Waals surface area contributed by atoms with Gasteiger partial charge in [-0.15, -0.1) is 0 Å². The van der Waals surface area contributed by atoms with E-state index < -0.39 is 0 Å². The van der Waals surface area contributed by atoms with Crippen LogP contribution in [0.25, 0.3) is 0 Å². The Morgan fingerprint density at radius 2 is 1.48 bits per heavy atom. The minimum Gasteiger partial charge on any atom is -0.462 e. The summed E-state index contributed by atoms with van der Waals surface area (Å²) in [6.07, 6.45) is 13.0. The molecule has 4 heteroatoms. The molecule has 0 saturated heterocycles. The smallest absolute Gasteiger partial charge is 0.338 e. The Balaban J connectivity index is 1.68. The molecule has 27 heavy (non-hydrogen) atoms. The van der Waals surface area contributed by atoms with Crippen molar-refractivity contribution in [2.24, 2.45) is 5.92 Å². The van der Waals surface area contributed by atoms with E-state index in [1.165, 1.54) is 44.9 Å². The van der Waals surface area contributed by atoms with Gasteiger partial charge in [-0.2, -0.15) is 0 Å². The molecule has 1 aliphatic carbocycles. The second kappa shape index (κ2) is 12.5. The van der Waals surface area contributed by atoms with Crippen LogP contribution in [0.15, 0.2) is 24.3 Å². The number of hydrogen-bond acceptors (Lipinski definition) is 4. The summed E-state index contributed by atoms with van der Waals surface area (Å²) in [5, 5.41) is 0. The summed E-state index contributed by atoms with van der Waals surface area (Å²) in [6, 6.07) is 6.64. The molecule has 1 aliphatic rings. The maximum Gasteiger partial charge on any atom is 0.338 e. The summed E-state index contributed by atoms with van der Waals surface area (Å²) < 4.78 is 10.7. The van der Waals surface area contributed by atoms with E-state index >= 15 is 0 Å². The fraction of sp³-hybridized carbons (Fsp3) is 0.652. The van der Waals surface area contributed by atoms with Crippen molar-refractivity contribution in [1.29, 1.82) is 0 Å². The van der Waals surface area contributed by atoms with Gasteiger partial charge < -0.3 is 9.47 Å². The Kier molecular flexibility index (Phi) is 9.96. The van der Waals surface area contributed by atoms with Crippen molar-refractivity contribution in [2.45, 2.75) is 77.6 Å². The van der Waals surface area contributed by atoms with Crippen LogP contribution in [-0.2, 0) is 9.47 Å². The van der Waals surface area contributed by atoms with E-state index in [2.05, 4.69) is 6.92 Å². The highest BCUT2D eigenvalue weighted by molar-refractivity contribution is 5.95. The second-order valence-electron chi connectivity index (χ2n) is 7.59. The molecule has 1 aromatic rings. The number of esters is 2. The molecule has 0 spiro atoms. The van der Waals surface area contributed by atoms with Crippen molar-refractivity contribution in [2.75, 3.05) is 13.2 Å². The van der Waals surface area contributed by atoms with Crippen LogP contribution in [0.5, 0.6) is 0 Å². The molecular formula is C23H34O4. The van der Waals surface area contributed by atoms with Crippen molar-refractivity contribution >= 4 is 11.9 Å². The zero-order valence-electron chi connectivity index (χ0n) is 16.7. The number of carbonyl (C=O) groups excluding carboxylic acids is 2. The summed E-state index contributed by atoms with van der Waals surface area (Å²) in [5.41, 5.74) is 0.826. The molecule has 4 nitrogen and oxygen atoms in total. The molecule has 0 amide bonds. The van der Waals surface area contributed by atoms with Crippen LogP contribution < -0.4 is 0 Å². The lowest BCUT2D eigenvalue weighted by atomic mass is 10.1. The fourth-order valence-corrected chi connectivity index (χ4v) is 3.53. The third-order valence-electron chi connectivity index (χ3n) is 5.24. The van der Waals surface area contributed by atoms with Crippen LogP contribution in [0.4, 0.5) is 0 Å². The van der Waals surface area contributed by atoms with E-state index in [0.717, 1.165) is 25.7 Å². The van der Waals surface area contributed by atoms with Gasteiger partial charge in [0.15, 0.2) is 0 Å². The van der Waals surface area contributed by atoms with Crippen molar-refractivity contribution < 1.29 is 19.1 Å². The molecular weight excluding hydrogens is 340 g/mol. The lowest BCUT2D eigenvalue weighted by Gasteiger charge is -2.10. The molecule has 1 saturated carbocycles. The number of rotatable bonds is 12. The highest BCUT2D eigenvalue weighted by atomic mass is 16.5. The minimum atomic E-state index is -0.369. The monoisotopic (exact) mass is 374 g/mol. The van der Waals surface area contributed by atoms with Crippen molar-refractivity contribution in [3.8, 4) is 0 Å². The zero-order chi connectivity index (χ0) is 19.3. The first kappa shape index (κ1) is 21.5. The maximum atomic E-state index is 12.2. The average Bonchev–Trinajstić information content (AvgIpc) is 3.21. The first-order valence-electron chi connectivity index (χ1n) is 10.6. The van der Waals surface area contributed by atoms with Crippen LogP contribution in [0.3, 0.4) is 0 Å². The summed E-state index contributed by atoms with van der Waals surface area (Å²) in [4.78, 5) is 24.4. The molecule has 2 rings (SSSR count). The van der Waals surface area contributed by atoms with Crippen molar-refractivity contribution in [1.82, 2.24) is 0 Å². The molecule has 150 valence electrons. The minimum absolute atomic E-state index is 0.358. The molecule has 0 atom stereocenters. The molecule has 0 aromatic heterocycles. The van der Waals surface area contributed by atoms with E-state index in [1.807, 2.05) is 0 Å². The SMILES string of the molecule is CCCCCCCCCOC(=O)c1cccc(C(=O)OCC2CCCC2)c1. The van der Waals surface area contributed by atoms with E-state index in [-0.39, 0.29) is 11.9 Å². The third-order valence-corrected chi connectivity index (χ3v) is 5.24. The van der Waals surface area contributed by atoms with Crippen molar-refractivity contribution in [3.63, 3.8) is 0 Å². The van der Waals surface area contributed by atoms with Crippen LogP contribution in [0.1, 0.15) is 98.3 Å². The van der Waals surface area contributed by atoms with Gasteiger partial charge in [0.2, 0.25) is 0 Å². The Bertz CT molecular complexity index is 575. The molecule has 0 unspecified atom stereocenters. The number of hydrogen-bond donors (Lipinski definition) is 0. The fourth-order valence-electron chi connectivity index (χ4n) is 3.53. The Morgan fingerprint density at radius 1 is 0.889 bits per heavy atom. The summed E-state index contributed by atoms with van der Waals surface area (Å²) in [7, 11) is 0. The number of unbranched alkanes of at least 4 members (excludes halogenated alkanes) is 6. The van der Waals surface area contributed by atoms with Gasteiger partial charge in [-0.1, -0.05) is 64.4 Å². The van der Waals surface area contributed by atoms with Crippen molar-refractivity contribution in [3.05, 3.63) is 35.4 Å². The number of ether oxygens (including phenoxy) is 2. The second-order valence-corrected chi connectivity index (χ2v) is 7.59. The van der Waals surface area contributed by atoms with Gasteiger partial charge in [-0.25, -0.2) is 9.59 Å². The molecule has 0 radical (unpaired) electrons. The third kappa shape index (κ3) is 8.15. The molecule has 0 heterocycles. The summed E-state index contributed by atoms with van der Waals surface area (Å²) in [5.74, 6) is -0.237. The lowest BCUT2D eigenvalue weighted by Crippen LogP contribution is -2.13. The predicted molar refractivity (Wildman–Crippen MR) is 107 cm³/mol. The molecule has 0 N–H and O–H groups in total. The normalized spacial score (nSPS) is 14.3. The molecule has 1 fully saturated rings. The zero-order valence-corrected chi connectivity index (χ0v) is 16.7. The number of carbonyl (C=O) groups is 2.